The minimum atomic E-state index is -1.67. The van der Waals surface area contributed by atoms with Crippen LogP contribution in [0.1, 0.15) is 12.0 Å². The lowest BCUT2D eigenvalue weighted by molar-refractivity contribution is -0.164. The average molecular weight is 291 g/mol. The summed E-state index contributed by atoms with van der Waals surface area (Å²) in [5, 5.41) is 2.63. The lowest BCUT2D eigenvalue weighted by atomic mass is 9.82. The molecule has 7 heteroatoms. The molecule has 1 fully saturated rings. The number of benzene rings is 1. The fourth-order valence-corrected chi connectivity index (χ4v) is 2.85. The summed E-state index contributed by atoms with van der Waals surface area (Å²) in [6, 6.07) is 4.89. The van der Waals surface area contributed by atoms with Gasteiger partial charge in [-0.2, -0.15) is 0 Å². The number of carbonyl (C=O) groups is 3. The zero-order chi connectivity index (χ0) is 15.2. The van der Waals surface area contributed by atoms with Crippen LogP contribution >= 0.6 is 0 Å². The molecular weight excluding hydrogens is 278 g/mol. The van der Waals surface area contributed by atoms with Gasteiger partial charge >= 0.3 is 11.9 Å². The predicted molar refractivity (Wildman–Crippen MR) is 69.5 cm³/mol. The van der Waals surface area contributed by atoms with Crippen molar-refractivity contribution in [3.8, 4) is 5.75 Å². The second-order valence-corrected chi connectivity index (χ2v) is 4.86. The highest BCUT2D eigenvalue weighted by atomic mass is 16.6. The van der Waals surface area contributed by atoms with Crippen molar-refractivity contribution in [1.82, 2.24) is 0 Å². The molecule has 1 aromatic carbocycles. The van der Waals surface area contributed by atoms with Gasteiger partial charge in [0, 0.05) is 11.3 Å². The van der Waals surface area contributed by atoms with Crippen molar-refractivity contribution >= 4 is 23.5 Å². The van der Waals surface area contributed by atoms with Gasteiger partial charge < -0.3 is 19.5 Å². The smallest absolute Gasteiger partial charge is 0.314 e. The van der Waals surface area contributed by atoms with Crippen molar-refractivity contribution in [3.05, 3.63) is 23.8 Å². The normalized spacial score (nSPS) is 26.3. The number of ether oxygens (including phenoxy) is 3. The molecule has 1 aromatic rings. The molecule has 0 aliphatic carbocycles. The van der Waals surface area contributed by atoms with Crippen LogP contribution in [0.5, 0.6) is 5.75 Å². The van der Waals surface area contributed by atoms with Gasteiger partial charge in [0.25, 0.3) is 5.91 Å². The molecule has 1 N–H and O–H groups in total. The van der Waals surface area contributed by atoms with E-state index >= 15 is 0 Å². The van der Waals surface area contributed by atoms with E-state index in [1.807, 2.05) is 0 Å². The van der Waals surface area contributed by atoms with Crippen LogP contribution in [0.4, 0.5) is 5.69 Å². The Balaban J connectivity index is 2.18. The standard InChI is InChI=1S/C14H13NO6/c1-19-7-3-4-10-8(5-7)14(13(18)15-10)9(12(17)20-2)6-11(16)21-14/h3-5,9H,6H2,1-2H3,(H,15,18). The minimum Gasteiger partial charge on any atom is -0.497 e. The Kier molecular flexibility index (Phi) is 2.86. The first-order valence-corrected chi connectivity index (χ1v) is 6.32. The summed E-state index contributed by atoms with van der Waals surface area (Å²) >= 11 is 0. The van der Waals surface area contributed by atoms with E-state index in [0.29, 0.717) is 17.0 Å². The third kappa shape index (κ3) is 1.70. The number of rotatable bonds is 2. The Hall–Kier alpha value is -2.57. The monoisotopic (exact) mass is 291 g/mol. The van der Waals surface area contributed by atoms with E-state index < -0.39 is 29.4 Å². The molecule has 0 bridgehead atoms. The first-order valence-electron chi connectivity index (χ1n) is 6.32. The Morgan fingerprint density at radius 2 is 2.14 bits per heavy atom. The van der Waals surface area contributed by atoms with Gasteiger partial charge in [-0.25, -0.2) is 0 Å². The van der Waals surface area contributed by atoms with E-state index in [9.17, 15) is 14.4 Å². The summed E-state index contributed by atoms with van der Waals surface area (Å²) in [5.74, 6) is -2.34. The molecule has 2 atom stereocenters. The van der Waals surface area contributed by atoms with Crippen molar-refractivity contribution in [3.63, 3.8) is 0 Å². The fourth-order valence-electron chi connectivity index (χ4n) is 2.85. The first kappa shape index (κ1) is 13.4. The van der Waals surface area contributed by atoms with Crippen LogP contribution in [-0.2, 0) is 29.5 Å². The molecule has 2 aliphatic heterocycles. The Morgan fingerprint density at radius 1 is 1.38 bits per heavy atom. The maximum absolute atomic E-state index is 12.4. The molecule has 1 spiro atoms. The van der Waals surface area contributed by atoms with Gasteiger partial charge in [-0.15, -0.1) is 0 Å². The molecule has 2 heterocycles. The molecule has 2 aliphatic rings. The Bertz CT molecular complexity index is 655. The van der Waals surface area contributed by atoms with Crippen molar-refractivity contribution in [1.29, 1.82) is 0 Å². The number of anilines is 1. The van der Waals surface area contributed by atoms with Crippen LogP contribution in [0.2, 0.25) is 0 Å². The number of hydrogen-bond donors (Lipinski definition) is 1. The highest BCUT2D eigenvalue weighted by Crippen LogP contribution is 2.50. The van der Waals surface area contributed by atoms with Crippen molar-refractivity contribution < 1.29 is 28.6 Å². The van der Waals surface area contributed by atoms with Crippen LogP contribution in [0.3, 0.4) is 0 Å². The zero-order valence-corrected chi connectivity index (χ0v) is 11.5. The molecule has 7 nitrogen and oxygen atoms in total. The molecule has 0 radical (unpaired) electrons. The average Bonchev–Trinajstić information content (AvgIpc) is 2.97. The lowest BCUT2D eigenvalue weighted by Crippen LogP contribution is -2.43. The quantitative estimate of drug-likeness (QED) is 0.801. The maximum atomic E-state index is 12.4. The number of nitrogens with one attached hydrogen (secondary N) is 1. The van der Waals surface area contributed by atoms with Crippen LogP contribution in [0, 0.1) is 5.92 Å². The number of hydrogen-bond acceptors (Lipinski definition) is 6. The number of methoxy groups -OCH3 is 2. The van der Waals surface area contributed by atoms with Gasteiger partial charge in [-0.3, -0.25) is 14.4 Å². The summed E-state index contributed by atoms with van der Waals surface area (Å²) in [4.78, 5) is 36.1. The van der Waals surface area contributed by atoms with Crippen LogP contribution in [-0.4, -0.2) is 32.1 Å². The first-order chi connectivity index (χ1) is 10.0. The van der Waals surface area contributed by atoms with E-state index in [-0.39, 0.29) is 6.42 Å². The zero-order valence-electron chi connectivity index (χ0n) is 11.5. The van der Waals surface area contributed by atoms with Crippen molar-refractivity contribution in [2.75, 3.05) is 19.5 Å². The third-order valence-corrected chi connectivity index (χ3v) is 3.83. The number of carbonyl (C=O) groups excluding carboxylic acids is 3. The van der Waals surface area contributed by atoms with Gasteiger partial charge in [0.15, 0.2) is 0 Å². The molecule has 0 saturated carbocycles. The second-order valence-electron chi connectivity index (χ2n) is 4.86. The van der Waals surface area contributed by atoms with E-state index in [0.717, 1.165) is 0 Å². The molecule has 1 amide bonds. The fraction of sp³-hybridized carbons (Fsp3) is 0.357. The van der Waals surface area contributed by atoms with Crippen LogP contribution in [0.25, 0.3) is 0 Å². The largest absolute Gasteiger partial charge is 0.497 e. The maximum Gasteiger partial charge on any atom is 0.314 e. The van der Waals surface area contributed by atoms with Gasteiger partial charge in [0.2, 0.25) is 5.60 Å². The molecule has 21 heavy (non-hydrogen) atoms. The van der Waals surface area contributed by atoms with Gasteiger partial charge in [0.1, 0.15) is 11.7 Å². The van der Waals surface area contributed by atoms with Gasteiger partial charge in [-0.05, 0) is 18.2 Å². The van der Waals surface area contributed by atoms with E-state index in [4.69, 9.17) is 14.2 Å². The molecular formula is C14H13NO6. The van der Waals surface area contributed by atoms with Crippen LogP contribution in [0.15, 0.2) is 18.2 Å². The molecule has 2 unspecified atom stereocenters. The van der Waals surface area contributed by atoms with Gasteiger partial charge in [0.05, 0.1) is 20.6 Å². The Morgan fingerprint density at radius 3 is 2.81 bits per heavy atom. The summed E-state index contributed by atoms with van der Waals surface area (Å²) in [6.07, 6.45) is -0.198. The second kappa shape index (κ2) is 4.47. The summed E-state index contributed by atoms with van der Waals surface area (Å²) in [7, 11) is 2.69. The number of esters is 2. The van der Waals surface area contributed by atoms with Crippen molar-refractivity contribution in [2.45, 2.75) is 12.0 Å². The summed E-state index contributed by atoms with van der Waals surface area (Å²) in [6.45, 7) is 0. The molecule has 110 valence electrons. The SMILES string of the molecule is COC(=O)C1CC(=O)OC12C(=O)Nc1ccc(OC)cc12. The molecule has 0 aromatic heterocycles. The molecule has 3 rings (SSSR count). The minimum absolute atomic E-state index is 0.198. The predicted octanol–water partition coefficient (Wildman–Crippen LogP) is 0.579. The Labute approximate surface area is 120 Å². The topological polar surface area (TPSA) is 90.9 Å². The van der Waals surface area contributed by atoms with Gasteiger partial charge in [-0.1, -0.05) is 0 Å². The highest BCUT2D eigenvalue weighted by molar-refractivity contribution is 6.10. The highest BCUT2D eigenvalue weighted by Gasteiger charge is 2.63. The lowest BCUT2D eigenvalue weighted by Gasteiger charge is -2.25. The third-order valence-electron chi connectivity index (χ3n) is 3.83. The van der Waals surface area contributed by atoms with E-state index in [1.54, 1.807) is 18.2 Å². The van der Waals surface area contributed by atoms with Crippen LogP contribution < -0.4 is 10.1 Å². The number of amides is 1. The molecule has 1 saturated heterocycles. The summed E-state index contributed by atoms with van der Waals surface area (Å²) in [5.41, 5.74) is -0.772. The summed E-state index contributed by atoms with van der Waals surface area (Å²) < 4.78 is 15.1. The number of fused-ring (bicyclic) bond motifs is 2. The van der Waals surface area contributed by atoms with E-state index in [2.05, 4.69) is 5.32 Å². The van der Waals surface area contributed by atoms with E-state index in [1.165, 1.54) is 14.2 Å². The van der Waals surface area contributed by atoms with Crippen molar-refractivity contribution in [2.24, 2.45) is 5.92 Å².